The first-order valence-electron chi connectivity index (χ1n) is 8.56. The van der Waals surface area contributed by atoms with Crippen LogP contribution in [-0.4, -0.2) is 25.2 Å². The van der Waals surface area contributed by atoms with Gasteiger partial charge in [-0.05, 0) is 43.5 Å². The highest BCUT2D eigenvalue weighted by Gasteiger charge is 2.24. The maximum atomic E-state index is 12.3. The Labute approximate surface area is 143 Å². The molecule has 126 valence electrons. The Morgan fingerprint density at radius 1 is 1.12 bits per heavy atom. The lowest BCUT2D eigenvalue weighted by Gasteiger charge is -2.21. The van der Waals surface area contributed by atoms with E-state index in [4.69, 9.17) is 0 Å². The van der Waals surface area contributed by atoms with Crippen molar-refractivity contribution in [1.82, 2.24) is 10.6 Å². The standard InChI is InChI=1S/C20H25N3O/c1-15-8-6-7-11-19(15)16(2)21-20(24)22-17-12-13-23(14-17)18-9-4-3-5-10-18/h3-11,16-17H,12-14H2,1-2H3,(H2,21,22,24). The zero-order chi connectivity index (χ0) is 16.9. The van der Waals surface area contributed by atoms with Gasteiger partial charge in [0.2, 0.25) is 0 Å². The number of aryl methyl sites for hydroxylation is 1. The summed E-state index contributed by atoms with van der Waals surface area (Å²) in [7, 11) is 0. The van der Waals surface area contributed by atoms with E-state index in [1.807, 2.05) is 37.3 Å². The summed E-state index contributed by atoms with van der Waals surface area (Å²) in [5, 5.41) is 6.16. The van der Waals surface area contributed by atoms with E-state index in [0.29, 0.717) is 0 Å². The first-order valence-corrected chi connectivity index (χ1v) is 8.56. The second-order valence-corrected chi connectivity index (χ2v) is 6.46. The number of nitrogens with zero attached hydrogens (tertiary/aromatic N) is 1. The average Bonchev–Trinajstić information content (AvgIpc) is 3.04. The van der Waals surface area contributed by atoms with Crippen LogP contribution in [0.15, 0.2) is 54.6 Å². The van der Waals surface area contributed by atoms with Crippen molar-refractivity contribution in [2.24, 2.45) is 0 Å². The predicted octanol–water partition coefficient (Wildman–Crippen LogP) is 3.63. The quantitative estimate of drug-likeness (QED) is 0.902. The Balaban J connectivity index is 1.52. The van der Waals surface area contributed by atoms with E-state index >= 15 is 0 Å². The van der Waals surface area contributed by atoms with Gasteiger partial charge in [0.05, 0.1) is 6.04 Å². The van der Waals surface area contributed by atoms with Crippen molar-refractivity contribution in [3.8, 4) is 0 Å². The molecule has 1 fully saturated rings. The van der Waals surface area contributed by atoms with Crippen LogP contribution in [0.1, 0.15) is 30.5 Å². The van der Waals surface area contributed by atoms with Crippen molar-refractivity contribution in [2.45, 2.75) is 32.4 Å². The van der Waals surface area contributed by atoms with E-state index < -0.39 is 0 Å². The van der Waals surface area contributed by atoms with Crippen LogP contribution < -0.4 is 15.5 Å². The van der Waals surface area contributed by atoms with Gasteiger partial charge in [-0.2, -0.15) is 0 Å². The zero-order valence-electron chi connectivity index (χ0n) is 14.3. The molecule has 1 saturated heterocycles. The minimum atomic E-state index is -0.0920. The van der Waals surface area contributed by atoms with E-state index in [2.05, 4.69) is 46.7 Å². The smallest absolute Gasteiger partial charge is 0.315 e. The summed E-state index contributed by atoms with van der Waals surface area (Å²) in [6.45, 7) is 5.92. The normalized spacial score (nSPS) is 18.2. The van der Waals surface area contributed by atoms with Gasteiger partial charge in [-0.1, -0.05) is 42.5 Å². The molecule has 0 aromatic heterocycles. The second kappa shape index (κ2) is 7.39. The van der Waals surface area contributed by atoms with E-state index in [0.717, 1.165) is 25.1 Å². The highest BCUT2D eigenvalue weighted by atomic mass is 16.2. The zero-order valence-corrected chi connectivity index (χ0v) is 14.3. The fourth-order valence-electron chi connectivity index (χ4n) is 3.33. The molecular formula is C20H25N3O. The molecule has 0 bridgehead atoms. The lowest BCUT2D eigenvalue weighted by atomic mass is 10.0. The third-order valence-electron chi connectivity index (χ3n) is 4.65. The van der Waals surface area contributed by atoms with Gasteiger partial charge in [-0.15, -0.1) is 0 Å². The van der Waals surface area contributed by atoms with E-state index in [1.54, 1.807) is 0 Å². The summed E-state index contributed by atoms with van der Waals surface area (Å²) in [5.41, 5.74) is 3.57. The van der Waals surface area contributed by atoms with Crippen LogP contribution in [0.25, 0.3) is 0 Å². The fraction of sp³-hybridized carbons (Fsp3) is 0.350. The van der Waals surface area contributed by atoms with Gasteiger partial charge in [0, 0.05) is 24.8 Å². The molecule has 3 rings (SSSR count). The summed E-state index contributed by atoms with van der Waals surface area (Å²) >= 11 is 0. The summed E-state index contributed by atoms with van der Waals surface area (Å²) in [4.78, 5) is 14.6. The van der Waals surface area contributed by atoms with E-state index in [-0.39, 0.29) is 18.1 Å². The number of carbonyl (C=O) groups excluding carboxylic acids is 1. The molecule has 4 heteroatoms. The number of hydrogen-bond acceptors (Lipinski definition) is 2. The van der Waals surface area contributed by atoms with Gasteiger partial charge in [0.15, 0.2) is 0 Å². The molecule has 2 aromatic rings. The van der Waals surface area contributed by atoms with Crippen LogP contribution in [0.2, 0.25) is 0 Å². The molecule has 2 N–H and O–H groups in total. The first kappa shape index (κ1) is 16.4. The number of benzene rings is 2. The number of hydrogen-bond donors (Lipinski definition) is 2. The molecular weight excluding hydrogens is 298 g/mol. The number of para-hydroxylation sites is 1. The van der Waals surface area contributed by atoms with E-state index in [9.17, 15) is 4.79 Å². The molecule has 0 radical (unpaired) electrons. The van der Waals surface area contributed by atoms with Crippen LogP contribution in [0.3, 0.4) is 0 Å². The highest BCUT2D eigenvalue weighted by molar-refractivity contribution is 5.75. The van der Waals surface area contributed by atoms with Crippen LogP contribution in [0.4, 0.5) is 10.5 Å². The molecule has 2 atom stereocenters. The van der Waals surface area contributed by atoms with Gasteiger partial charge < -0.3 is 15.5 Å². The lowest BCUT2D eigenvalue weighted by Crippen LogP contribution is -2.44. The number of urea groups is 1. The minimum absolute atomic E-state index is 0.00201. The van der Waals surface area contributed by atoms with Crippen LogP contribution in [0.5, 0.6) is 0 Å². The molecule has 1 heterocycles. The van der Waals surface area contributed by atoms with Gasteiger partial charge in [0.1, 0.15) is 0 Å². The number of rotatable bonds is 4. The molecule has 2 aromatic carbocycles. The van der Waals surface area contributed by atoms with Crippen molar-refractivity contribution in [3.05, 3.63) is 65.7 Å². The molecule has 2 amide bonds. The summed E-state index contributed by atoms with van der Waals surface area (Å²) in [6.07, 6.45) is 0.973. The molecule has 24 heavy (non-hydrogen) atoms. The summed E-state index contributed by atoms with van der Waals surface area (Å²) in [5.74, 6) is 0. The first-order chi connectivity index (χ1) is 11.6. The summed E-state index contributed by atoms with van der Waals surface area (Å²) in [6, 6.07) is 18.6. The number of nitrogens with one attached hydrogen (secondary N) is 2. The van der Waals surface area contributed by atoms with Crippen LogP contribution in [-0.2, 0) is 0 Å². The molecule has 2 unspecified atom stereocenters. The van der Waals surface area contributed by atoms with Crippen molar-refractivity contribution >= 4 is 11.7 Å². The SMILES string of the molecule is Cc1ccccc1C(C)NC(=O)NC1CCN(c2ccccc2)C1. The maximum Gasteiger partial charge on any atom is 0.315 e. The maximum absolute atomic E-state index is 12.3. The topological polar surface area (TPSA) is 44.4 Å². The molecule has 0 spiro atoms. The highest BCUT2D eigenvalue weighted by Crippen LogP contribution is 2.20. The van der Waals surface area contributed by atoms with E-state index in [1.165, 1.54) is 11.3 Å². The summed E-state index contributed by atoms with van der Waals surface area (Å²) < 4.78 is 0. The van der Waals surface area contributed by atoms with Crippen LogP contribution in [0, 0.1) is 6.92 Å². The van der Waals surface area contributed by atoms with Gasteiger partial charge in [-0.25, -0.2) is 4.79 Å². The Morgan fingerprint density at radius 3 is 2.58 bits per heavy atom. The van der Waals surface area contributed by atoms with Crippen molar-refractivity contribution in [2.75, 3.05) is 18.0 Å². The van der Waals surface area contributed by atoms with Gasteiger partial charge in [-0.3, -0.25) is 0 Å². The Bertz CT molecular complexity index is 686. The molecule has 0 saturated carbocycles. The number of amides is 2. The third kappa shape index (κ3) is 3.88. The van der Waals surface area contributed by atoms with Crippen molar-refractivity contribution < 1.29 is 4.79 Å². The monoisotopic (exact) mass is 323 g/mol. The number of carbonyl (C=O) groups is 1. The Hall–Kier alpha value is -2.49. The predicted molar refractivity (Wildman–Crippen MR) is 98.3 cm³/mol. The second-order valence-electron chi connectivity index (χ2n) is 6.46. The van der Waals surface area contributed by atoms with Crippen molar-refractivity contribution in [1.29, 1.82) is 0 Å². The Kier molecular flexibility index (Phi) is 5.04. The minimum Gasteiger partial charge on any atom is -0.369 e. The lowest BCUT2D eigenvalue weighted by molar-refractivity contribution is 0.235. The Morgan fingerprint density at radius 2 is 1.83 bits per heavy atom. The molecule has 1 aliphatic rings. The van der Waals surface area contributed by atoms with Crippen LogP contribution >= 0.6 is 0 Å². The molecule has 1 aliphatic heterocycles. The van der Waals surface area contributed by atoms with Gasteiger partial charge >= 0.3 is 6.03 Å². The van der Waals surface area contributed by atoms with Gasteiger partial charge in [0.25, 0.3) is 0 Å². The number of anilines is 1. The third-order valence-corrected chi connectivity index (χ3v) is 4.65. The fourth-order valence-corrected chi connectivity index (χ4v) is 3.33. The van der Waals surface area contributed by atoms with Crippen molar-refractivity contribution in [3.63, 3.8) is 0 Å². The average molecular weight is 323 g/mol. The molecule has 0 aliphatic carbocycles. The largest absolute Gasteiger partial charge is 0.369 e. The molecule has 4 nitrogen and oxygen atoms in total.